The van der Waals surface area contributed by atoms with Crippen molar-refractivity contribution in [3.05, 3.63) is 64.6 Å². The number of phenolic OH excluding ortho intramolecular Hbond substituents is 1. The van der Waals surface area contributed by atoms with Crippen LogP contribution in [0.2, 0.25) is 0 Å². The number of carbonyl (C=O) groups is 1. The third kappa shape index (κ3) is 5.12. The van der Waals surface area contributed by atoms with Crippen LogP contribution in [0.15, 0.2) is 53.3 Å². The van der Waals surface area contributed by atoms with E-state index in [4.69, 9.17) is 10.5 Å². The molecule has 0 spiro atoms. The zero-order valence-corrected chi connectivity index (χ0v) is 17.9. The van der Waals surface area contributed by atoms with Gasteiger partial charge in [0.2, 0.25) is 0 Å². The number of phenols is 1. The van der Waals surface area contributed by atoms with Gasteiger partial charge in [0.05, 0.1) is 11.4 Å². The van der Waals surface area contributed by atoms with E-state index in [1.807, 2.05) is 13.0 Å². The molecule has 0 saturated carbocycles. The number of nitrogens with two attached hydrogens (primary N) is 1. The summed E-state index contributed by atoms with van der Waals surface area (Å²) in [4.78, 5) is 31.0. The van der Waals surface area contributed by atoms with Gasteiger partial charge in [-0.1, -0.05) is 25.5 Å². The molecule has 0 fully saturated rings. The number of rotatable bonds is 8. The average molecular weight is 421 g/mol. The van der Waals surface area contributed by atoms with E-state index >= 15 is 0 Å². The van der Waals surface area contributed by atoms with E-state index in [9.17, 15) is 14.7 Å². The van der Waals surface area contributed by atoms with E-state index in [1.54, 1.807) is 56.3 Å². The molecular formula is C24H27N3O4. The van der Waals surface area contributed by atoms with Crippen molar-refractivity contribution in [3.8, 4) is 34.0 Å². The molecule has 0 aliphatic heterocycles. The Kier molecular flexibility index (Phi) is 6.44. The predicted octanol–water partition coefficient (Wildman–Crippen LogP) is 3.93. The second kappa shape index (κ2) is 9.04. The molecule has 7 nitrogen and oxygen atoms in total. The minimum Gasteiger partial charge on any atom is -0.508 e. The predicted molar refractivity (Wildman–Crippen MR) is 120 cm³/mol. The van der Waals surface area contributed by atoms with Gasteiger partial charge in [0.15, 0.2) is 5.60 Å². The summed E-state index contributed by atoms with van der Waals surface area (Å²) in [5.74, 6) is 0.135. The number of aromatic nitrogens is 2. The lowest BCUT2D eigenvalue weighted by atomic mass is 9.98. The van der Waals surface area contributed by atoms with E-state index < -0.39 is 17.2 Å². The Hall–Kier alpha value is -3.61. The van der Waals surface area contributed by atoms with Crippen molar-refractivity contribution in [3.63, 3.8) is 0 Å². The molecule has 3 aromatic rings. The molecule has 162 valence electrons. The fourth-order valence-electron chi connectivity index (χ4n) is 3.30. The number of hydrogen-bond acceptors (Lipinski definition) is 5. The number of amides is 1. The lowest BCUT2D eigenvalue weighted by Crippen LogP contribution is -2.46. The molecule has 1 amide bonds. The van der Waals surface area contributed by atoms with Crippen LogP contribution in [0.1, 0.15) is 38.7 Å². The maximum Gasteiger partial charge on any atom is 0.345 e. The molecule has 0 bridgehead atoms. The van der Waals surface area contributed by atoms with Gasteiger partial charge in [-0.15, -0.1) is 0 Å². The van der Waals surface area contributed by atoms with Crippen LogP contribution in [0.5, 0.6) is 11.5 Å². The third-order valence-corrected chi connectivity index (χ3v) is 5.25. The monoisotopic (exact) mass is 421 g/mol. The average Bonchev–Trinajstić information content (AvgIpc) is 2.74. The van der Waals surface area contributed by atoms with Crippen molar-refractivity contribution in [1.82, 2.24) is 9.97 Å². The normalized spacial score (nSPS) is 12.9. The Morgan fingerprint density at radius 1 is 1.19 bits per heavy atom. The van der Waals surface area contributed by atoms with Gasteiger partial charge >= 0.3 is 5.69 Å². The van der Waals surface area contributed by atoms with Crippen molar-refractivity contribution < 1.29 is 14.6 Å². The number of hydrogen-bond donors (Lipinski definition) is 3. The number of nitrogens with one attached hydrogen (secondary N) is 1. The first kappa shape index (κ1) is 22.1. The summed E-state index contributed by atoms with van der Waals surface area (Å²) in [6, 6.07) is 13.9. The van der Waals surface area contributed by atoms with Crippen LogP contribution >= 0.6 is 0 Å². The van der Waals surface area contributed by atoms with Gasteiger partial charge < -0.3 is 20.6 Å². The van der Waals surface area contributed by atoms with Gasteiger partial charge in [-0.2, -0.15) is 4.98 Å². The van der Waals surface area contributed by atoms with Crippen LogP contribution in [0.4, 0.5) is 0 Å². The molecule has 0 aliphatic rings. The van der Waals surface area contributed by atoms with Crippen LogP contribution in [-0.2, 0) is 4.79 Å². The number of carbonyl (C=O) groups excluding carboxylic acids is 1. The number of benzene rings is 2. The van der Waals surface area contributed by atoms with E-state index in [-0.39, 0.29) is 5.75 Å². The summed E-state index contributed by atoms with van der Waals surface area (Å²) < 4.78 is 5.99. The molecule has 1 heterocycles. The number of nitrogens with zero attached hydrogens (tertiary/aromatic N) is 1. The number of unbranched alkanes of at least 4 members (excludes halogenated alkanes) is 1. The zero-order chi connectivity index (χ0) is 22.6. The van der Waals surface area contributed by atoms with E-state index in [1.165, 1.54) is 0 Å². The highest BCUT2D eigenvalue weighted by molar-refractivity contribution is 5.83. The lowest BCUT2D eigenvalue weighted by molar-refractivity contribution is -0.132. The topological polar surface area (TPSA) is 118 Å². The number of H-pyrrole nitrogens is 1. The third-order valence-electron chi connectivity index (χ3n) is 5.25. The molecule has 7 heteroatoms. The van der Waals surface area contributed by atoms with E-state index in [2.05, 4.69) is 9.97 Å². The van der Waals surface area contributed by atoms with E-state index in [0.29, 0.717) is 34.7 Å². The standard InChI is InChI=1S/C24H27N3O4/c1-4-5-11-24(3,22(25)29)31-18-8-6-7-16(13-18)19-14-20(27-23(30)26-19)17-9-10-21(28)15(2)12-17/h6-10,12-14,28H,4-5,11H2,1-3H3,(H2,25,29)(H,26,27,30). The first-order chi connectivity index (χ1) is 14.7. The smallest absolute Gasteiger partial charge is 0.345 e. The molecule has 0 saturated heterocycles. The second-order valence-corrected chi connectivity index (χ2v) is 7.82. The largest absolute Gasteiger partial charge is 0.508 e. The van der Waals surface area contributed by atoms with Crippen LogP contribution in [-0.4, -0.2) is 26.6 Å². The lowest BCUT2D eigenvalue weighted by Gasteiger charge is -2.27. The van der Waals surface area contributed by atoms with Gasteiger partial charge in [0.25, 0.3) is 5.91 Å². The Labute approximate surface area is 180 Å². The fourth-order valence-corrected chi connectivity index (χ4v) is 3.30. The molecule has 4 N–H and O–H groups in total. The van der Waals surface area contributed by atoms with Crippen LogP contribution < -0.4 is 16.2 Å². The maximum atomic E-state index is 12.2. The highest BCUT2D eigenvalue weighted by atomic mass is 16.5. The zero-order valence-electron chi connectivity index (χ0n) is 17.9. The molecule has 3 rings (SSSR count). The van der Waals surface area contributed by atoms with Gasteiger partial charge in [0.1, 0.15) is 11.5 Å². The molecule has 2 aromatic carbocycles. The van der Waals surface area contributed by atoms with Crippen molar-refractivity contribution in [2.24, 2.45) is 5.73 Å². The fraction of sp³-hybridized carbons (Fsp3) is 0.292. The Morgan fingerprint density at radius 2 is 1.97 bits per heavy atom. The molecule has 0 radical (unpaired) electrons. The summed E-state index contributed by atoms with van der Waals surface area (Å²) in [7, 11) is 0. The van der Waals surface area contributed by atoms with Gasteiger partial charge in [-0.25, -0.2) is 4.79 Å². The highest BCUT2D eigenvalue weighted by Crippen LogP contribution is 2.29. The number of aromatic hydroxyl groups is 1. The minimum atomic E-state index is -1.12. The van der Waals surface area contributed by atoms with Crippen LogP contribution in [0.3, 0.4) is 0 Å². The molecule has 1 atom stereocenters. The van der Waals surface area contributed by atoms with Crippen molar-refractivity contribution in [1.29, 1.82) is 0 Å². The molecular weight excluding hydrogens is 394 g/mol. The maximum absolute atomic E-state index is 12.2. The molecule has 1 unspecified atom stereocenters. The van der Waals surface area contributed by atoms with Gasteiger partial charge in [-0.05, 0) is 74.2 Å². The van der Waals surface area contributed by atoms with Crippen molar-refractivity contribution in [2.75, 3.05) is 0 Å². The summed E-state index contributed by atoms with van der Waals surface area (Å²) in [5, 5.41) is 9.76. The second-order valence-electron chi connectivity index (χ2n) is 7.82. The summed E-state index contributed by atoms with van der Waals surface area (Å²) >= 11 is 0. The number of primary amides is 1. The van der Waals surface area contributed by atoms with Crippen LogP contribution in [0, 0.1) is 6.92 Å². The number of aromatic amines is 1. The Bertz CT molecular complexity index is 1160. The summed E-state index contributed by atoms with van der Waals surface area (Å²) in [6.07, 6.45) is 2.24. The van der Waals surface area contributed by atoms with Crippen molar-refractivity contribution >= 4 is 5.91 Å². The first-order valence-electron chi connectivity index (χ1n) is 10.2. The summed E-state index contributed by atoms with van der Waals surface area (Å²) in [6.45, 7) is 5.51. The van der Waals surface area contributed by atoms with E-state index in [0.717, 1.165) is 18.4 Å². The quantitative estimate of drug-likeness (QED) is 0.509. The number of ether oxygens (including phenoxy) is 1. The minimum absolute atomic E-state index is 0.186. The van der Waals surface area contributed by atoms with Gasteiger partial charge in [0, 0.05) is 5.56 Å². The SMILES string of the molecule is CCCCC(C)(Oc1cccc(-c2cc(-c3ccc(O)c(C)c3)[nH]c(=O)n2)c1)C(N)=O. The van der Waals surface area contributed by atoms with Crippen LogP contribution in [0.25, 0.3) is 22.5 Å². The Balaban J connectivity index is 1.97. The molecule has 1 aromatic heterocycles. The molecule has 0 aliphatic carbocycles. The van der Waals surface area contributed by atoms with Crippen molar-refractivity contribution in [2.45, 2.75) is 45.6 Å². The molecule has 31 heavy (non-hydrogen) atoms. The van der Waals surface area contributed by atoms with Gasteiger partial charge in [-0.3, -0.25) is 4.79 Å². The first-order valence-corrected chi connectivity index (χ1v) is 10.2. The summed E-state index contributed by atoms with van der Waals surface area (Å²) in [5.41, 5.74) is 7.15. The Morgan fingerprint density at radius 3 is 2.65 bits per heavy atom. The number of aryl methyl sites for hydroxylation is 1. The highest BCUT2D eigenvalue weighted by Gasteiger charge is 2.32.